The van der Waals surface area contributed by atoms with E-state index in [1.807, 2.05) is 0 Å². The van der Waals surface area contributed by atoms with Crippen LogP contribution in [-0.4, -0.2) is 32.6 Å². The van der Waals surface area contributed by atoms with Crippen LogP contribution in [0.25, 0.3) is 0 Å². The fourth-order valence-electron chi connectivity index (χ4n) is 1.27. The van der Waals surface area contributed by atoms with Gasteiger partial charge in [-0.1, -0.05) is 0 Å². The van der Waals surface area contributed by atoms with Crippen LogP contribution in [0.5, 0.6) is 0 Å². The summed E-state index contributed by atoms with van der Waals surface area (Å²) in [6.45, 7) is 0.357. The molecule has 0 aromatic heterocycles. The Morgan fingerprint density at radius 1 is 0.929 bits per heavy atom. The third kappa shape index (κ3) is 5.65. The zero-order chi connectivity index (χ0) is 10.1. The van der Waals surface area contributed by atoms with Crippen LogP contribution in [-0.2, 0) is 0 Å². The summed E-state index contributed by atoms with van der Waals surface area (Å²) in [6.07, 6.45) is 4.81. The zero-order valence-corrected chi connectivity index (χ0v) is 10.8. The predicted octanol–water partition coefficient (Wildman–Crippen LogP) is 1.99. The predicted molar refractivity (Wildman–Crippen MR) is 62.2 cm³/mol. The van der Waals surface area contributed by atoms with Crippen molar-refractivity contribution in [3.63, 3.8) is 0 Å². The number of rotatable bonds is 7. The minimum absolute atomic E-state index is 0.0688. The van der Waals surface area contributed by atoms with Crippen molar-refractivity contribution in [2.75, 3.05) is 6.61 Å². The van der Waals surface area contributed by atoms with Crippen molar-refractivity contribution in [3.05, 3.63) is 30.3 Å². The van der Waals surface area contributed by atoms with Gasteiger partial charge in [0, 0.05) is 0 Å². The van der Waals surface area contributed by atoms with Gasteiger partial charge in [-0.15, -0.1) is 0 Å². The summed E-state index contributed by atoms with van der Waals surface area (Å²) >= 11 is 0.0688. The SMILES string of the molecule is OCCCCCC[Te]c1ccccc1. The number of aliphatic hydroxyl groups excluding tert-OH is 1. The number of aliphatic hydroxyl groups is 1. The monoisotopic (exact) mass is 308 g/mol. The maximum atomic E-state index is 8.61. The normalized spacial score (nSPS) is 10.4. The van der Waals surface area contributed by atoms with E-state index in [-0.39, 0.29) is 20.9 Å². The Morgan fingerprint density at radius 3 is 2.36 bits per heavy atom. The van der Waals surface area contributed by atoms with Crippen LogP contribution in [0.2, 0.25) is 4.47 Å². The van der Waals surface area contributed by atoms with Crippen molar-refractivity contribution in [1.82, 2.24) is 0 Å². The first kappa shape index (κ1) is 12.0. The van der Waals surface area contributed by atoms with E-state index >= 15 is 0 Å². The van der Waals surface area contributed by atoms with Gasteiger partial charge < -0.3 is 0 Å². The van der Waals surface area contributed by atoms with Crippen molar-refractivity contribution >= 4 is 24.5 Å². The molecule has 0 saturated carbocycles. The van der Waals surface area contributed by atoms with Crippen molar-refractivity contribution in [1.29, 1.82) is 0 Å². The van der Waals surface area contributed by atoms with Crippen molar-refractivity contribution in [3.8, 4) is 0 Å². The molecule has 0 radical (unpaired) electrons. The Hall–Kier alpha value is -0.0304. The molecule has 1 aromatic carbocycles. The van der Waals surface area contributed by atoms with Crippen LogP contribution >= 0.6 is 0 Å². The molecule has 0 unspecified atom stereocenters. The van der Waals surface area contributed by atoms with Crippen LogP contribution in [0.4, 0.5) is 0 Å². The Kier molecular flexibility index (Phi) is 7.13. The van der Waals surface area contributed by atoms with Gasteiger partial charge in [0.15, 0.2) is 0 Å². The Balaban J connectivity index is 1.99. The van der Waals surface area contributed by atoms with Crippen LogP contribution < -0.4 is 3.61 Å². The van der Waals surface area contributed by atoms with Crippen LogP contribution in [0.15, 0.2) is 30.3 Å². The van der Waals surface area contributed by atoms with E-state index in [0.29, 0.717) is 6.61 Å². The Labute approximate surface area is 96.6 Å². The summed E-state index contributed by atoms with van der Waals surface area (Å²) in [5.74, 6) is 0. The molecule has 78 valence electrons. The van der Waals surface area contributed by atoms with Gasteiger partial charge in [0.05, 0.1) is 0 Å². The molecule has 0 amide bonds. The third-order valence-electron chi connectivity index (χ3n) is 2.06. The van der Waals surface area contributed by atoms with Crippen LogP contribution in [0, 0.1) is 0 Å². The molecule has 1 aromatic rings. The molecule has 1 nitrogen and oxygen atoms in total. The molecule has 2 heteroatoms. The molecule has 0 bridgehead atoms. The van der Waals surface area contributed by atoms with Crippen LogP contribution in [0.1, 0.15) is 25.7 Å². The van der Waals surface area contributed by atoms with Gasteiger partial charge in [-0.3, -0.25) is 0 Å². The Morgan fingerprint density at radius 2 is 1.64 bits per heavy atom. The molecule has 1 rings (SSSR count). The van der Waals surface area contributed by atoms with Crippen molar-refractivity contribution < 1.29 is 5.11 Å². The Bertz CT molecular complexity index is 223. The minimum atomic E-state index is 0.0688. The van der Waals surface area contributed by atoms with Gasteiger partial charge in [-0.25, -0.2) is 0 Å². The van der Waals surface area contributed by atoms with Crippen molar-refractivity contribution in [2.24, 2.45) is 0 Å². The molecule has 0 aliphatic heterocycles. The molecule has 0 aliphatic rings. The second-order valence-electron chi connectivity index (χ2n) is 3.30. The van der Waals surface area contributed by atoms with Gasteiger partial charge in [-0.05, 0) is 0 Å². The van der Waals surface area contributed by atoms with Gasteiger partial charge in [0.1, 0.15) is 0 Å². The first-order chi connectivity index (χ1) is 6.93. The average molecular weight is 306 g/mol. The zero-order valence-electron chi connectivity index (χ0n) is 8.48. The van der Waals surface area contributed by atoms with E-state index in [1.54, 1.807) is 3.61 Å². The van der Waals surface area contributed by atoms with Crippen molar-refractivity contribution in [2.45, 2.75) is 30.2 Å². The first-order valence-corrected chi connectivity index (χ1v) is 8.03. The number of hydrogen-bond acceptors (Lipinski definition) is 1. The molecule has 0 atom stereocenters. The number of hydrogen-bond donors (Lipinski definition) is 1. The molecule has 0 heterocycles. The van der Waals surface area contributed by atoms with E-state index < -0.39 is 0 Å². The summed E-state index contributed by atoms with van der Waals surface area (Å²) in [5, 5.41) is 8.61. The topological polar surface area (TPSA) is 20.2 Å². The van der Waals surface area contributed by atoms with E-state index in [9.17, 15) is 0 Å². The summed E-state index contributed by atoms with van der Waals surface area (Å²) in [4.78, 5) is 0. The fourth-order valence-corrected chi connectivity index (χ4v) is 3.94. The second kappa shape index (κ2) is 8.29. The molecule has 0 saturated heterocycles. The van der Waals surface area contributed by atoms with Gasteiger partial charge in [0.2, 0.25) is 0 Å². The summed E-state index contributed by atoms with van der Waals surface area (Å²) in [7, 11) is 0. The molecular formula is C12H18OTe. The maximum absolute atomic E-state index is 8.61. The fraction of sp³-hybridized carbons (Fsp3) is 0.500. The summed E-state index contributed by atoms with van der Waals surface area (Å²) in [5.41, 5.74) is 0. The van der Waals surface area contributed by atoms with E-state index in [2.05, 4.69) is 30.3 Å². The molecule has 14 heavy (non-hydrogen) atoms. The first-order valence-electron chi connectivity index (χ1n) is 5.22. The standard InChI is InChI=1S/C12H18OTe/c13-10-6-1-2-7-11-14-12-8-4-3-5-9-12/h3-5,8-9,13H,1-2,6-7,10-11H2. The van der Waals surface area contributed by atoms with Crippen LogP contribution in [0.3, 0.4) is 0 Å². The second-order valence-corrected chi connectivity index (χ2v) is 6.63. The molecule has 1 N–H and O–H groups in total. The third-order valence-corrected chi connectivity index (χ3v) is 5.20. The van der Waals surface area contributed by atoms with E-state index in [0.717, 1.165) is 6.42 Å². The molecular weight excluding hydrogens is 288 g/mol. The van der Waals surface area contributed by atoms with Gasteiger partial charge in [-0.2, -0.15) is 0 Å². The summed E-state index contributed by atoms with van der Waals surface area (Å²) < 4.78 is 2.97. The van der Waals surface area contributed by atoms with E-state index in [1.165, 1.54) is 23.7 Å². The average Bonchev–Trinajstić information content (AvgIpc) is 2.25. The summed E-state index contributed by atoms with van der Waals surface area (Å²) in [6, 6.07) is 10.8. The number of unbranched alkanes of at least 4 members (excludes halogenated alkanes) is 3. The van der Waals surface area contributed by atoms with Gasteiger partial charge in [0.25, 0.3) is 0 Å². The molecule has 0 fully saturated rings. The van der Waals surface area contributed by atoms with Gasteiger partial charge >= 0.3 is 96.7 Å². The van der Waals surface area contributed by atoms with E-state index in [4.69, 9.17) is 5.11 Å². The quantitative estimate of drug-likeness (QED) is 0.603. The number of benzene rings is 1. The molecule has 0 aliphatic carbocycles. The molecule has 0 spiro atoms.